The third kappa shape index (κ3) is 2.68. The number of hydrogen-bond acceptors (Lipinski definition) is 2. The number of benzene rings is 1. The highest BCUT2D eigenvalue weighted by Crippen LogP contribution is 2.36. The molecule has 0 amide bonds. The van der Waals surface area contributed by atoms with Crippen LogP contribution in [0, 0.1) is 0 Å². The molecule has 1 aromatic carbocycles. The first-order valence-corrected chi connectivity index (χ1v) is 7.29. The van der Waals surface area contributed by atoms with Crippen LogP contribution in [0.1, 0.15) is 19.5 Å². The van der Waals surface area contributed by atoms with E-state index >= 15 is 0 Å². The number of imidazole rings is 1. The summed E-state index contributed by atoms with van der Waals surface area (Å²) in [6, 6.07) is 3.79. The van der Waals surface area contributed by atoms with E-state index in [1.165, 1.54) is 0 Å². The lowest BCUT2D eigenvalue weighted by molar-refractivity contribution is 0.425. The zero-order valence-corrected chi connectivity index (χ0v) is 13.9. The topological polar surface area (TPSA) is 29.9 Å². The fraction of sp³-hybridized carbons (Fsp3) is 0.308. The maximum absolute atomic E-state index is 6.32. The van der Waals surface area contributed by atoms with Crippen LogP contribution in [-0.4, -0.2) is 16.6 Å². The summed E-state index contributed by atoms with van der Waals surface area (Å²) >= 11 is 15.9. The molecule has 0 aliphatic rings. The summed E-state index contributed by atoms with van der Waals surface area (Å²) in [6.45, 7) is 4.16. The Morgan fingerprint density at radius 3 is 2.58 bits per heavy atom. The molecular weight excluding hydrogens is 349 g/mol. The first kappa shape index (κ1) is 14.9. The predicted molar refractivity (Wildman–Crippen MR) is 83.4 cm³/mol. The van der Waals surface area contributed by atoms with Crippen molar-refractivity contribution in [1.82, 2.24) is 14.9 Å². The highest BCUT2D eigenvalue weighted by Gasteiger charge is 2.24. The quantitative estimate of drug-likeness (QED) is 0.820. The van der Waals surface area contributed by atoms with Crippen LogP contribution in [0.25, 0.3) is 5.69 Å². The average Bonchev–Trinajstić information content (AvgIpc) is 2.86. The molecule has 2 aromatic rings. The Kier molecular flexibility index (Phi) is 4.26. The van der Waals surface area contributed by atoms with Gasteiger partial charge in [-0.1, -0.05) is 23.2 Å². The molecular formula is C13H14BrCl2N3. The highest BCUT2D eigenvalue weighted by atomic mass is 79.9. The van der Waals surface area contributed by atoms with Crippen LogP contribution in [0.5, 0.6) is 0 Å². The van der Waals surface area contributed by atoms with E-state index in [1.54, 1.807) is 6.33 Å². The standard InChI is InChI=1S/C13H14BrCl2N3/c1-13(2,17-3)10-6-18-7-19(10)9-5-4-8(14)11(15)12(9)16/h4-7,17H,1-3H3. The van der Waals surface area contributed by atoms with Gasteiger partial charge in [0.05, 0.1) is 39.5 Å². The normalized spacial score (nSPS) is 11.9. The second kappa shape index (κ2) is 5.44. The zero-order valence-electron chi connectivity index (χ0n) is 10.8. The highest BCUT2D eigenvalue weighted by molar-refractivity contribution is 9.10. The lowest BCUT2D eigenvalue weighted by Crippen LogP contribution is -2.35. The van der Waals surface area contributed by atoms with Crippen LogP contribution in [0.3, 0.4) is 0 Å². The summed E-state index contributed by atoms with van der Waals surface area (Å²) in [5.41, 5.74) is 1.60. The van der Waals surface area contributed by atoms with Gasteiger partial charge in [0.15, 0.2) is 0 Å². The predicted octanol–water partition coefficient (Wildman–Crippen LogP) is 4.40. The Balaban J connectivity index is 2.62. The second-order valence-electron chi connectivity index (χ2n) is 4.72. The minimum absolute atomic E-state index is 0.223. The molecule has 6 heteroatoms. The zero-order chi connectivity index (χ0) is 14.2. The molecule has 1 N–H and O–H groups in total. The molecule has 0 saturated carbocycles. The molecule has 0 spiro atoms. The molecule has 2 rings (SSSR count). The third-order valence-electron chi connectivity index (χ3n) is 3.18. The van der Waals surface area contributed by atoms with E-state index in [-0.39, 0.29) is 5.54 Å². The Morgan fingerprint density at radius 2 is 1.95 bits per heavy atom. The number of aromatic nitrogens is 2. The van der Waals surface area contributed by atoms with Crippen LogP contribution in [-0.2, 0) is 5.54 Å². The van der Waals surface area contributed by atoms with Crippen LogP contribution >= 0.6 is 39.1 Å². The minimum atomic E-state index is -0.223. The van der Waals surface area contributed by atoms with Crippen molar-refractivity contribution in [3.05, 3.63) is 44.9 Å². The van der Waals surface area contributed by atoms with Gasteiger partial charge in [-0.25, -0.2) is 4.98 Å². The number of hydrogen-bond donors (Lipinski definition) is 1. The van der Waals surface area contributed by atoms with Crippen molar-refractivity contribution in [3.8, 4) is 5.69 Å². The summed E-state index contributed by atoms with van der Waals surface area (Å²) in [5.74, 6) is 0. The minimum Gasteiger partial charge on any atom is -0.310 e. The number of nitrogens with one attached hydrogen (secondary N) is 1. The number of halogens is 3. The maximum atomic E-state index is 6.32. The molecule has 1 aromatic heterocycles. The molecule has 0 unspecified atom stereocenters. The maximum Gasteiger partial charge on any atom is 0.0995 e. The monoisotopic (exact) mass is 361 g/mol. The molecule has 0 saturated heterocycles. The third-order valence-corrected chi connectivity index (χ3v) is 4.94. The van der Waals surface area contributed by atoms with Crippen molar-refractivity contribution in [2.24, 2.45) is 0 Å². The van der Waals surface area contributed by atoms with Crippen molar-refractivity contribution >= 4 is 39.1 Å². The molecule has 19 heavy (non-hydrogen) atoms. The van der Waals surface area contributed by atoms with Gasteiger partial charge in [0.2, 0.25) is 0 Å². The van der Waals surface area contributed by atoms with Crippen molar-refractivity contribution < 1.29 is 0 Å². The largest absolute Gasteiger partial charge is 0.310 e. The van der Waals surface area contributed by atoms with Crippen molar-refractivity contribution in [2.75, 3.05) is 7.05 Å². The van der Waals surface area contributed by atoms with Gasteiger partial charge in [0.25, 0.3) is 0 Å². The van der Waals surface area contributed by atoms with Crippen LogP contribution < -0.4 is 5.32 Å². The number of rotatable bonds is 3. The van der Waals surface area contributed by atoms with Gasteiger partial charge in [-0.3, -0.25) is 4.57 Å². The summed E-state index contributed by atoms with van der Waals surface area (Å²) in [5, 5.41) is 4.26. The summed E-state index contributed by atoms with van der Waals surface area (Å²) in [6.07, 6.45) is 3.56. The molecule has 0 bridgehead atoms. The molecule has 1 heterocycles. The molecule has 0 atom stereocenters. The molecule has 102 valence electrons. The molecule has 0 fully saturated rings. The van der Waals surface area contributed by atoms with E-state index in [9.17, 15) is 0 Å². The number of nitrogens with zero attached hydrogens (tertiary/aromatic N) is 2. The van der Waals surface area contributed by atoms with E-state index < -0.39 is 0 Å². The van der Waals surface area contributed by atoms with Gasteiger partial charge in [0, 0.05) is 4.47 Å². The Labute approximate surface area is 131 Å². The molecule has 0 radical (unpaired) electrons. The van der Waals surface area contributed by atoms with Gasteiger partial charge >= 0.3 is 0 Å². The van der Waals surface area contributed by atoms with E-state index in [0.29, 0.717) is 10.0 Å². The Hall–Kier alpha value is -0.550. The summed E-state index contributed by atoms with van der Waals surface area (Å²) in [7, 11) is 1.91. The lowest BCUT2D eigenvalue weighted by atomic mass is 10.0. The fourth-order valence-corrected chi connectivity index (χ4v) is 2.64. The van der Waals surface area contributed by atoms with Crippen molar-refractivity contribution in [3.63, 3.8) is 0 Å². The summed E-state index contributed by atoms with van der Waals surface area (Å²) < 4.78 is 2.72. The van der Waals surface area contributed by atoms with E-state index in [4.69, 9.17) is 23.2 Å². The average molecular weight is 363 g/mol. The van der Waals surface area contributed by atoms with Crippen LogP contribution in [0.4, 0.5) is 0 Å². The first-order valence-electron chi connectivity index (χ1n) is 5.74. The van der Waals surface area contributed by atoms with Gasteiger partial charge in [-0.2, -0.15) is 0 Å². The van der Waals surface area contributed by atoms with Crippen LogP contribution in [0.2, 0.25) is 10.0 Å². The fourth-order valence-electron chi connectivity index (χ4n) is 1.78. The lowest BCUT2D eigenvalue weighted by Gasteiger charge is -2.26. The van der Waals surface area contributed by atoms with Gasteiger partial charge in [0.1, 0.15) is 0 Å². The first-order chi connectivity index (χ1) is 8.88. The Bertz CT molecular complexity index is 608. The van der Waals surface area contributed by atoms with E-state index in [1.807, 2.05) is 29.9 Å². The van der Waals surface area contributed by atoms with Crippen molar-refractivity contribution in [2.45, 2.75) is 19.4 Å². The smallest absolute Gasteiger partial charge is 0.0995 e. The SMILES string of the molecule is CNC(C)(C)c1cncn1-c1ccc(Br)c(Cl)c1Cl. The second-order valence-corrected chi connectivity index (χ2v) is 6.33. The summed E-state index contributed by atoms with van der Waals surface area (Å²) in [4.78, 5) is 4.22. The molecule has 0 aliphatic carbocycles. The van der Waals surface area contributed by atoms with Gasteiger partial charge < -0.3 is 5.32 Å². The van der Waals surface area contributed by atoms with Gasteiger partial charge in [-0.15, -0.1) is 0 Å². The van der Waals surface area contributed by atoms with E-state index in [2.05, 4.69) is 40.1 Å². The van der Waals surface area contributed by atoms with E-state index in [0.717, 1.165) is 15.9 Å². The molecule has 3 nitrogen and oxygen atoms in total. The van der Waals surface area contributed by atoms with Gasteiger partial charge in [-0.05, 0) is 49.0 Å². The van der Waals surface area contributed by atoms with Crippen molar-refractivity contribution in [1.29, 1.82) is 0 Å². The molecule has 0 aliphatic heterocycles. The van der Waals surface area contributed by atoms with Crippen LogP contribution in [0.15, 0.2) is 29.1 Å². The Morgan fingerprint density at radius 1 is 1.26 bits per heavy atom.